The molecule has 0 bridgehead atoms. The third kappa shape index (κ3) is 6.65. The minimum absolute atomic E-state index is 0.0450. The number of amides is 2. The Morgan fingerprint density at radius 3 is 2.45 bits per heavy atom. The maximum atomic E-state index is 13.7. The van der Waals surface area contributed by atoms with Crippen LogP contribution in [0.1, 0.15) is 25.3 Å². The van der Waals surface area contributed by atoms with Gasteiger partial charge in [-0.25, -0.2) is 0 Å². The Hall–Kier alpha value is -4.68. The Morgan fingerprint density at radius 1 is 1.00 bits per heavy atom. The van der Waals surface area contributed by atoms with Crippen LogP contribution < -0.4 is 25.4 Å². The van der Waals surface area contributed by atoms with Gasteiger partial charge >= 0.3 is 0 Å². The molecule has 1 atom stereocenters. The van der Waals surface area contributed by atoms with Gasteiger partial charge in [0.15, 0.2) is 0 Å². The summed E-state index contributed by atoms with van der Waals surface area (Å²) in [6.45, 7) is 4.10. The first-order chi connectivity index (χ1) is 19.4. The summed E-state index contributed by atoms with van der Waals surface area (Å²) in [5.41, 5.74) is 3.25. The van der Waals surface area contributed by atoms with Crippen molar-refractivity contribution in [1.82, 2.24) is 5.32 Å². The molecule has 1 heterocycles. The Kier molecular flexibility index (Phi) is 9.49. The average molecular weight is 555 g/mol. The lowest BCUT2D eigenvalue weighted by molar-refractivity contribution is -0.114. The van der Waals surface area contributed by atoms with Gasteiger partial charge in [-0.1, -0.05) is 54.2 Å². The van der Waals surface area contributed by atoms with Gasteiger partial charge in [0, 0.05) is 34.3 Å². The van der Waals surface area contributed by atoms with Gasteiger partial charge in [0.05, 0.1) is 42.1 Å². The summed E-state index contributed by atoms with van der Waals surface area (Å²) in [7, 11) is 1.56. The number of dihydropyridines is 1. The highest BCUT2D eigenvalue weighted by Gasteiger charge is 2.36. The number of carbonyl (C=O) groups excluding carboxylic acids is 2. The molecule has 2 amide bonds. The van der Waals surface area contributed by atoms with Gasteiger partial charge in [0.25, 0.3) is 5.91 Å². The van der Waals surface area contributed by atoms with Gasteiger partial charge in [-0.3, -0.25) is 9.59 Å². The summed E-state index contributed by atoms with van der Waals surface area (Å²) < 4.78 is 11.1. The zero-order chi connectivity index (χ0) is 28.5. The third-order valence-electron chi connectivity index (χ3n) is 6.15. The van der Waals surface area contributed by atoms with Crippen LogP contribution in [0.2, 0.25) is 0 Å². The highest BCUT2D eigenvalue weighted by Crippen LogP contribution is 2.44. The van der Waals surface area contributed by atoms with E-state index in [9.17, 15) is 14.9 Å². The fourth-order valence-corrected chi connectivity index (χ4v) is 5.29. The van der Waals surface area contributed by atoms with E-state index in [1.165, 1.54) is 11.8 Å². The number of para-hydroxylation sites is 2. The molecule has 0 saturated heterocycles. The molecule has 0 saturated carbocycles. The van der Waals surface area contributed by atoms with Gasteiger partial charge in [-0.05, 0) is 44.2 Å². The van der Waals surface area contributed by atoms with Crippen molar-refractivity contribution in [2.45, 2.75) is 19.8 Å². The van der Waals surface area contributed by atoms with Crippen LogP contribution in [0.25, 0.3) is 0 Å². The molecular formula is C31H30N4O4S. The van der Waals surface area contributed by atoms with Crippen LogP contribution >= 0.6 is 11.8 Å². The van der Waals surface area contributed by atoms with E-state index in [1.807, 2.05) is 49.4 Å². The molecule has 204 valence electrons. The second-order valence-electron chi connectivity index (χ2n) is 8.81. The molecule has 0 fully saturated rings. The predicted octanol–water partition coefficient (Wildman–Crippen LogP) is 5.80. The van der Waals surface area contributed by atoms with E-state index in [1.54, 1.807) is 50.4 Å². The minimum atomic E-state index is -0.707. The molecule has 0 aromatic heterocycles. The number of nitriles is 1. The van der Waals surface area contributed by atoms with E-state index in [0.29, 0.717) is 56.9 Å². The Morgan fingerprint density at radius 2 is 1.73 bits per heavy atom. The van der Waals surface area contributed by atoms with Crippen molar-refractivity contribution in [3.05, 3.63) is 106 Å². The number of hydrogen-bond acceptors (Lipinski definition) is 7. The standard InChI is InChI=1S/C31H30N4O4S/c1-4-39-26-16-9-8-15-24(26)29-25(18-32)31(40-19-27(36)34-22-13-10-14-23(17-22)38-3)33-20(2)28(29)30(37)35-21-11-6-5-7-12-21/h5-17,29,33H,4,19H2,1-3H3,(H,34,36)(H,35,37)/t29-/m1/s1. The largest absolute Gasteiger partial charge is 0.497 e. The maximum absolute atomic E-state index is 13.7. The van der Waals surface area contributed by atoms with Crippen LogP contribution in [0.15, 0.2) is 101 Å². The quantitative estimate of drug-likeness (QED) is 0.290. The normalized spacial score (nSPS) is 14.6. The van der Waals surface area contributed by atoms with Crippen molar-refractivity contribution >= 4 is 35.0 Å². The molecule has 3 aromatic rings. The molecule has 4 rings (SSSR count). The fourth-order valence-electron chi connectivity index (χ4n) is 4.40. The number of rotatable bonds is 10. The third-order valence-corrected chi connectivity index (χ3v) is 7.17. The number of ether oxygens (including phenoxy) is 2. The summed E-state index contributed by atoms with van der Waals surface area (Å²) in [6, 6.07) is 25.9. The SMILES string of the molecule is CCOc1ccccc1[C@@H]1C(C#N)=C(SCC(=O)Nc2cccc(OC)c2)NC(C)=C1C(=O)Nc1ccccc1. The molecule has 40 heavy (non-hydrogen) atoms. The smallest absolute Gasteiger partial charge is 0.254 e. The van der Waals surface area contributed by atoms with Gasteiger partial charge in [0.2, 0.25) is 5.91 Å². The molecule has 0 unspecified atom stereocenters. The van der Waals surface area contributed by atoms with Gasteiger partial charge in [0.1, 0.15) is 11.5 Å². The summed E-state index contributed by atoms with van der Waals surface area (Å²) in [4.78, 5) is 26.5. The van der Waals surface area contributed by atoms with E-state index < -0.39 is 5.92 Å². The Labute approximate surface area is 238 Å². The molecule has 0 spiro atoms. The molecular weight excluding hydrogens is 524 g/mol. The van der Waals surface area contributed by atoms with Crippen molar-refractivity contribution < 1.29 is 19.1 Å². The molecule has 8 nitrogen and oxygen atoms in total. The average Bonchev–Trinajstić information content (AvgIpc) is 2.96. The summed E-state index contributed by atoms with van der Waals surface area (Å²) in [5.74, 6) is -0.0231. The van der Waals surface area contributed by atoms with Gasteiger partial charge in [-0.2, -0.15) is 5.26 Å². The number of allylic oxidation sites excluding steroid dienone is 2. The van der Waals surface area contributed by atoms with Crippen molar-refractivity contribution in [1.29, 1.82) is 5.26 Å². The topological polar surface area (TPSA) is 112 Å². The number of nitrogens with zero attached hydrogens (tertiary/aromatic N) is 1. The molecule has 1 aliphatic heterocycles. The summed E-state index contributed by atoms with van der Waals surface area (Å²) in [5, 5.41) is 19.9. The van der Waals surface area contributed by atoms with E-state index >= 15 is 0 Å². The summed E-state index contributed by atoms with van der Waals surface area (Å²) >= 11 is 1.20. The predicted molar refractivity (Wildman–Crippen MR) is 158 cm³/mol. The van der Waals surface area contributed by atoms with E-state index in [-0.39, 0.29) is 17.6 Å². The Balaban J connectivity index is 1.66. The number of anilines is 2. The maximum Gasteiger partial charge on any atom is 0.254 e. The van der Waals surface area contributed by atoms with Crippen LogP contribution in [0, 0.1) is 11.3 Å². The number of hydrogen-bond donors (Lipinski definition) is 3. The molecule has 0 aliphatic carbocycles. The summed E-state index contributed by atoms with van der Waals surface area (Å²) in [6.07, 6.45) is 0. The van der Waals surface area contributed by atoms with Crippen LogP contribution in [-0.2, 0) is 9.59 Å². The molecule has 1 aliphatic rings. The Bertz CT molecular complexity index is 1490. The lowest BCUT2D eigenvalue weighted by Gasteiger charge is -2.30. The fraction of sp³-hybridized carbons (Fsp3) is 0.194. The number of carbonyl (C=O) groups is 2. The molecule has 3 aromatic carbocycles. The van der Waals surface area contributed by atoms with Crippen molar-refractivity contribution in [3.63, 3.8) is 0 Å². The highest BCUT2D eigenvalue weighted by atomic mass is 32.2. The lowest BCUT2D eigenvalue weighted by Crippen LogP contribution is -2.31. The van der Waals surface area contributed by atoms with Crippen molar-refractivity contribution in [2.24, 2.45) is 0 Å². The molecule has 9 heteroatoms. The zero-order valence-corrected chi connectivity index (χ0v) is 23.3. The van der Waals surface area contributed by atoms with Crippen molar-refractivity contribution in [3.8, 4) is 17.6 Å². The number of benzene rings is 3. The first kappa shape index (κ1) is 28.3. The van der Waals surface area contributed by atoms with Gasteiger partial charge < -0.3 is 25.4 Å². The molecule has 3 N–H and O–H groups in total. The van der Waals surface area contributed by atoms with Crippen LogP contribution in [0.4, 0.5) is 11.4 Å². The van der Waals surface area contributed by atoms with Crippen LogP contribution in [0.5, 0.6) is 11.5 Å². The van der Waals surface area contributed by atoms with E-state index in [2.05, 4.69) is 22.0 Å². The zero-order valence-electron chi connectivity index (χ0n) is 22.5. The second kappa shape index (κ2) is 13.4. The van der Waals surface area contributed by atoms with E-state index in [4.69, 9.17) is 9.47 Å². The van der Waals surface area contributed by atoms with Crippen molar-refractivity contribution in [2.75, 3.05) is 30.1 Å². The number of methoxy groups -OCH3 is 1. The van der Waals surface area contributed by atoms with Crippen LogP contribution in [0.3, 0.4) is 0 Å². The van der Waals surface area contributed by atoms with E-state index in [0.717, 1.165) is 0 Å². The highest BCUT2D eigenvalue weighted by molar-refractivity contribution is 8.03. The first-order valence-electron chi connectivity index (χ1n) is 12.7. The minimum Gasteiger partial charge on any atom is -0.497 e. The number of thioether (sulfide) groups is 1. The number of nitrogens with one attached hydrogen (secondary N) is 3. The van der Waals surface area contributed by atoms with Gasteiger partial charge in [-0.15, -0.1) is 0 Å². The monoisotopic (exact) mass is 554 g/mol. The second-order valence-corrected chi connectivity index (χ2v) is 9.80. The lowest BCUT2D eigenvalue weighted by atomic mass is 9.81. The van der Waals surface area contributed by atoms with Crippen LogP contribution in [-0.4, -0.2) is 31.3 Å². The first-order valence-corrected chi connectivity index (χ1v) is 13.7. The molecule has 0 radical (unpaired) electrons.